The molecule has 2 nitrogen and oxygen atoms in total. The molecule has 0 fully saturated rings. The molecule has 26 heavy (non-hydrogen) atoms. The molecule has 0 aliphatic heterocycles. The van der Waals surface area contributed by atoms with Crippen LogP contribution in [-0.4, -0.2) is 16.3 Å². The Kier molecular flexibility index (Phi) is 3.92. The molecule has 0 atom stereocenters. The lowest BCUT2D eigenvalue weighted by Gasteiger charge is -2.23. The van der Waals surface area contributed by atoms with Crippen LogP contribution in [0.1, 0.15) is 22.5 Å². The van der Waals surface area contributed by atoms with Crippen LogP contribution >= 0.6 is 11.6 Å². The first-order valence-electron chi connectivity index (χ1n) is 8.05. The number of rotatable bonds is 2. The first-order valence-corrected chi connectivity index (χ1v) is 8.43. The van der Waals surface area contributed by atoms with Gasteiger partial charge in [0.05, 0.1) is 5.56 Å². The highest BCUT2D eigenvalue weighted by Gasteiger charge is 2.46. The van der Waals surface area contributed by atoms with Crippen molar-refractivity contribution in [1.82, 2.24) is 4.57 Å². The van der Waals surface area contributed by atoms with Crippen molar-refractivity contribution in [1.29, 1.82) is 0 Å². The molecule has 1 aliphatic carbocycles. The van der Waals surface area contributed by atoms with Gasteiger partial charge in [-0.2, -0.15) is 8.78 Å². The first-order chi connectivity index (χ1) is 12.4. The summed E-state index contributed by atoms with van der Waals surface area (Å²) in [5.74, 6) is -5.13. The summed E-state index contributed by atoms with van der Waals surface area (Å²) < 4.78 is 43.5. The monoisotopic (exact) mass is 375 g/mol. The van der Waals surface area contributed by atoms with Crippen molar-refractivity contribution in [2.45, 2.75) is 18.8 Å². The maximum atomic E-state index is 14.1. The summed E-state index contributed by atoms with van der Waals surface area (Å²) in [6.07, 6.45) is 1.04. The van der Waals surface area contributed by atoms with Crippen molar-refractivity contribution in [3.05, 3.63) is 76.8 Å². The van der Waals surface area contributed by atoms with E-state index in [0.29, 0.717) is 22.5 Å². The van der Waals surface area contributed by atoms with Gasteiger partial charge in [0, 0.05) is 34.6 Å². The molecule has 6 heteroatoms. The molecule has 0 radical (unpaired) electrons. The van der Waals surface area contributed by atoms with Crippen LogP contribution in [0.5, 0.6) is 0 Å². The summed E-state index contributed by atoms with van der Waals surface area (Å²) >= 11 is 5.94. The van der Waals surface area contributed by atoms with Gasteiger partial charge in [-0.3, -0.25) is 4.79 Å². The number of Topliss-reactive ketones (excluding diaryl/α,β-unsaturated/α-hetero) is 1. The summed E-state index contributed by atoms with van der Waals surface area (Å²) in [5, 5.41) is 0.191. The maximum absolute atomic E-state index is 14.1. The largest absolute Gasteiger partial charge is 0.319 e. The molecular formula is C20H13ClF3NO. The zero-order valence-electron chi connectivity index (χ0n) is 13.5. The van der Waals surface area contributed by atoms with E-state index in [2.05, 4.69) is 0 Å². The minimum absolute atomic E-state index is 0.00664. The summed E-state index contributed by atoms with van der Waals surface area (Å²) in [6, 6.07) is 12.8. The lowest BCUT2D eigenvalue weighted by atomic mass is 9.88. The van der Waals surface area contributed by atoms with Crippen LogP contribution in [0.3, 0.4) is 0 Å². The van der Waals surface area contributed by atoms with Crippen molar-refractivity contribution in [2.75, 3.05) is 0 Å². The average Bonchev–Trinajstić information content (AvgIpc) is 2.98. The van der Waals surface area contributed by atoms with Crippen LogP contribution in [0.15, 0.2) is 54.7 Å². The Hall–Kier alpha value is -2.53. The van der Waals surface area contributed by atoms with Crippen molar-refractivity contribution >= 4 is 17.4 Å². The second kappa shape index (κ2) is 6.02. The van der Waals surface area contributed by atoms with Gasteiger partial charge in [0.1, 0.15) is 5.82 Å². The zero-order chi connectivity index (χ0) is 18.5. The van der Waals surface area contributed by atoms with Crippen molar-refractivity contribution in [3.63, 3.8) is 0 Å². The third-order valence-electron chi connectivity index (χ3n) is 4.55. The lowest BCUT2D eigenvalue weighted by Crippen LogP contribution is -2.34. The number of benzene rings is 2. The Morgan fingerprint density at radius 1 is 1.08 bits per heavy atom. The molecule has 1 aliphatic rings. The van der Waals surface area contributed by atoms with Gasteiger partial charge in [-0.05, 0) is 30.2 Å². The number of carbonyl (C=O) groups is 1. The minimum Gasteiger partial charge on any atom is -0.319 e. The average molecular weight is 376 g/mol. The SMILES string of the molecule is O=C1c2c(-c3ccccc3)cn(-c3cc(F)cc(Cl)c3)c2CCC1(F)F. The van der Waals surface area contributed by atoms with E-state index in [9.17, 15) is 18.0 Å². The Morgan fingerprint density at radius 2 is 1.81 bits per heavy atom. The van der Waals surface area contributed by atoms with Gasteiger partial charge in [0.2, 0.25) is 5.78 Å². The van der Waals surface area contributed by atoms with Crippen LogP contribution in [0.25, 0.3) is 16.8 Å². The van der Waals surface area contributed by atoms with Gasteiger partial charge >= 0.3 is 5.92 Å². The normalized spacial score (nSPS) is 15.8. The minimum atomic E-state index is -3.40. The number of ketones is 1. The summed E-state index contributed by atoms with van der Waals surface area (Å²) in [6.45, 7) is 0. The van der Waals surface area contributed by atoms with Gasteiger partial charge in [-0.25, -0.2) is 4.39 Å². The molecule has 1 heterocycles. The third kappa shape index (κ3) is 2.72. The second-order valence-electron chi connectivity index (χ2n) is 6.26. The quantitative estimate of drug-likeness (QED) is 0.563. The molecule has 132 valence electrons. The van der Waals surface area contributed by atoms with Crippen molar-refractivity contribution in [3.8, 4) is 16.8 Å². The van der Waals surface area contributed by atoms with E-state index < -0.39 is 23.9 Å². The number of nitrogens with zero attached hydrogens (tertiary/aromatic N) is 1. The van der Waals surface area contributed by atoms with Crippen LogP contribution in [0, 0.1) is 5.82 Å². The molecule has 0 saturated heterocycles. The van der Waals surface area contributed by atoms with Gasteiger partial charge in [-0.1, -0.05) is 41.9 Å². The number of fused-ring (bicyclic) bond motifs is 1. The Bertz CT molecular complexity index is 991. The number of hydrogen-bond acceptors (Lipinski definition) is 1. The molecule has 0 amide bonds. The number of aromatic nitrogens is 1. The van der Waals surface area contributed by atoms with Gasteiger partial charge in [0.15, 0.2) is 0 Å². The van der Waals surface area contributed by atoms with E-state index in [1.807, 2.05) is 0 Å². The molecular weight excluding hydrogens is 363 g/mol. The smallest absolute Gasteiger partial charge is 0.310 e. The molecule has 2 aromatic carbocycles. The van der Waals surface area contributed by atoms with Gasteiger partial charge < -0.3 is 4.57 Å². The fourth-order valence-electron chi connectivity index (χ4n) is 3.36. The maximum Gasteiger partial charge on any atom is 0.310 e. The van der Waals surface area contributed by atoms with E-state index in [-0.39, 0.29) is 17.0 Å². The van der Waals surface area contributed by atoms with Crippen molar-refractivity contribution < 1.29 is 18.0 Å². The molecule has 0 saturated carbocycles. The molecule has 3 aromatic rings. The summed E-state index contributed by atoms with van der Waals surface area (Å²) in [5.41, 5.74) is 1.89. The molecule has 1 aromatic heterocycles. The van der Waals surface area contributed by atoms with Crippen LogP contribution in [0.2, 0.25) is 5.02 Å². The van der Waals surface area contributed by atoms with E-state index in [0.717, 1.165) is 0 Å². The predicted molar refractivity (Wildman–Crippen MR) is 93.8 cm³/mol. The second-order valence-corrected chi connectivity index (χ2v) is 6.70. The molecule has 4 rings (SSSR count). The number of carbonyl (C=O) groups excluding carboxylic acids is 1. The number of hydrogen-bond donors (Lipinski definition) is 0. The fraction of sp³-hybridized carbons (Fsp3) is 0.150. The van der Waals surface area contributed by atoms with Crippen LogP contribution < -0.4 is 0 Å². The molecule has 0 bridgehead atoms. The van der Waals surface area contributed by atoms with E-state index in [4.69, 9.17) is 11.6 Å². The topological polar surface area (TPSA) is 22.0 Å². The molecule has 0 unspecified atom stereocenters. The predicted octanol–water partition coefficient (Wildman–Crippen LogP) is 5.70. The van der Waals surface area contributed by atoms with Gasteiger partial charge in [0.25, 0.3) is 0 Å². The number of alkyl halides is 2. The lowest BCUT2D eigenvalue weighted by molar-refractivity contribution is 0.00182. The highest BCUT2D eigenvalue weighted by molar-refractivity contribution is 6.30. The van der Waals surface area contributed by atoms with Crippen LogP contribution in [0.4, 0.5) is 13.2 Å². The van der Waals surface area contributed by atoms with Gasteiger partial charge in [-0.15, -0.1) is 0 Å². The van der Waals surface area contributed by atoms with E-state index in [1.54, 1.807) is 41.1 Å². The third-order valence-corrected chi connectivity index (χ3v) is 4.77. The highest BCUT2D eigenvalue weighted by atomic mass is 35.5. The molecule has 0 spiro atoms. The Morgan fingerprint density at radius 3 is 2.50 bits per heavy atom. The Balaban J connectivity index is 1.99. The summed E-state index contributed by atoms with van der Waals surface area (Å²) in [7, 11) is 0. The van der Waals surface area contributed by atoms with E-state index >= 15 is 0 Å². The zero-order valence-corrected chi connectivity index (χ0v) is 14.2. The standard InChI is InChI=1S/C20H13ClF3NO/c21-13-8-14(22)10-15(9-13)25-11-16(12-4-2-1-3-5-12)18-17(25)6-7-20(23,24)19(18)26/h1-5,8-11H,6-7H2. The number of halogens is 4. The Labute approximate surface area is 152 Å². The molecule has 0 N–H and O–H groups in total. The first kappa shape index (κ1) is 16.9. The van der Waals surface area contributed by atoms with Crippen molar-refractivity contribution in [2.24, 2.45) is 0 Å². The van der Waals surface area contributed by atoms with Crippen LogP contribution in [-0.2, 0) is 6.42 Å². The highest BCUT2D eigenvalue weighted by Crippen LogP contribution is 2.40. The van der Waals surface area contributed by atoms with E-state index in [1.165, 1.54) is 18.2 Å². The summed E-state index contributed by atoms with van der Waals surface area (Å²) in [4.78, 5) is 12.4. The fourth-order valence-corrected chi connectivity index (χ4v) is 3.58.